The Balaban J connectivity index is 1.85. The molecule has 0 radical (unpaired) electrons. The van der Waals surface area contributed by atoms with Crippen LogP contribution in [0.3, 0.4) is 0 Å². The number of para-hydroxylation sites is 1. The molecule has 1 amide bonds. The van der Waals surface area contributed by atoms with E-state index in [1.54, 1.807) is 24.3 Å². The lowest BCUT2D eigenvalue weighted by molar-refractivity contribution is 0.0632. The van der Waals surface area contributed by atoms with E-state index in [-0.39, 0.29) is 11.7 Å². The van der Waals surface area contributed by atoms with Gasteiger partial charge in [0.25, 0.3) is 5.91 Å². The third-order valence-corrected chi connectivity index (χ3v) is 3.72. The first kappa shape index (κ1) is 14.8. The Morgan fingerprint density at radius 2 is 1.85 bits per heavy atom. The van der Waals surface area contributed by atoms with Crippen LogP contribution in [0.1, 0.15) is 23.2 Å². The van der Waals surface area contributed by atoms with Crippen molar-refractivity contribution in [2.24, 2.45) is 5.73 Å². The Hall–Kier alpha value is -1.59. The van der Waals surface area contributed by atoms with E-state index < -0.39 is 0 Å². The van der Waals surface area contributed by atoms with Crippen molar-refractivity contribution in [1.82, 2.24) is 9.80 Å². The molecule has 1 aliphatic heterocycles. The Morgan fingerprint density at radius 3 is 2.50 bits per heavy atom. The Morgan fingerprint density at radius 1 is 1.15 bits per heavy atom. The van der Waals surface area contributed by atoms with Crippen molar-refractivity contribution >= 4 is 5.91 Å². The van der Waals surface area contributed by atoms with E-state index >= 15 is 0 Å². The van der Waals surface area contributed by atoms with Crippen LogP contribution < -0.4 is 5.73 Å². The van der Waals surface area contributed by atoms with Crippen LogP contribution >= 0.6 is 0 Å². The number of piperazine rings is 1. The van der Waals surface area contributed by atoms with E-state index in [0.29, 0.717) is 5.56 Å². The lowest BCUT2D eigenvalue weighted by Crippen LogP contribution is -2.48. The van der Waals surface area contributed by atoms with Crippen LogP contribution in [0, 0.1) is 0 Å². The highest BCUT2D eigenvalue weighted by Gasteiger charge is 2.23. The van der Waals surface area contributed by atoms with Crippen molar-refractivity contribution in [3.8, 4) is 5.75 Å². The van der Waals surface area contributed by atoms with Crippen LogP contribution in [0.25, 0.3) is 0 Å². The predicted molar refractivity (Wildman–Crippen MR) is 78.7 cm³/mol. The van der Waals surface area contributed by atoms with Crippen LogP contribution in [0.15, 0.2) is 24.3 Å². The number of nitrogens with two attached hydrogens (primary N) is 1. The third kappa shape index (κ3) is 3.71. The second kappa shape index (κ2) is 7.26. The van der Waals surface area contributed by atoms with Crippen molar-refractivity contribution in [2.45, 2.75) is 12.8 Å². The number of aromatic hydroxyl groups is 1. The zero-order valence-corrected chi connectivity index (χ0v) is 11.8. The second-order valence-corrected chi connectivity index (χ2v) is 5.15. The predicted octanol–water partition coefficient (Wildman–Crippen LogP) is 0.889. The molecule has 0 saturated carbocycles. The summed E-state index contributed by atoms with van der Waals surface area (Å²) >= 11 is 0. The van der Waals surface area contributed by atoms with E-state index in [9.17, 15) is 9.90 Å². The van der Waals surface area contributed by atoms with Gasteiger partial charge < -0.3 is 15.7 Å². The highest BCUT2D eigenvalue weighted by molar-refractivity contribution is 5.96. The van der Waals surface area contributed by atoms with Crippen LogP contribution in [0.2, 0.25) is 0 Å². The summed E-state index contributed by atoms with van der Waals surface area (Å²) in [6.45, 7) is 5.01. The summed E-state index contributed by atoms with van der Waals surface area (Å²) in [4.78, 5) is 16.5. The SMILES string of the molecule is NCCCCN1CCN(C(=O)c2ccccc2O)CC1. The molecule has 1 aliphatic rings. The fourth-order valence-electron chi connectivity index (χ4n) is 2.48. The molecule has 1 aromatic rings. The number of nitrogens with zero attached hydrogens (tertiary/aromatic N) is 2. The number of benzene rings is 1. The zero-order chi connectivity index (χ0) is 14.4. The van der Waals surface area contributed by atoms with Gasteiger partial charge in [-0.05, 0) is 38.1 Å². The van der Waals surface area contributed by atoms with Gasteiger partial charge in [0.1, 0.15) is 5.75 Å². The molecule has 0 spiro atoms. The van der Waals surface area contributed by atoms with Gasteiger partial charge in [-0.1, -0.05) is 12.1 Å². The number of carbonyl (C=O) groups is 1. The summed E-state index contributed by atoms with van der Waals surface area (Å²) in [5, 5.41) is 9.74. The molecule has 1 aromatic carbocycles. The maximum absolute atomic E-state index is 12.3. The van der Waals surface area contributed by atoms with Crippen molar-refractivity contribution in [3.05, 3.63) is 29.8 Å². The van der Waals surface area contributed by atoms with Crippen molar-refractivity contribution in [2.75, 3.05) is 39.3 Å². The first-order chi connectivity index (χ1) is 9.72. The van der Waals surface area contributed by atoms with Gasteiger partial charge in [0.05, 0.1) is 5.56 Å². The number of phenolic OH excluding ortho intramolecular Hbond substituents is 1. The molecule has 3 N–H and O–H groups in total. The first-order valence-electron chi connectivity index (χ1n) is 7.22. The molecule has 1 heterocycles. The van der Waals surface area contributed by atoms with E-state index in [1.807, 2.05) is 4.90 Å². The summed E-state index contributed by atoms with van der Waals surface area (Å²) in [6.07, 6.45) is 2.17. The fraction of sp³-hybridized carbons (Fsp3) is 0.533. The van der Waals surface area contributed by atoms with Crippen molar-refractivity contribution < 1.29 is 9.90 Å². The molecule has 0 aliphatic carbocycles. The second-order valence-electron chi connectivity index (χ2n) is 5.15. The van der Waals surface area contributed by atoms with Crippen molar-refractivity contribution in [3.63, 3.8) is 0 Å². The van der Waals surface area contributed by atoms with Gasteiger partial charge in [-0.15, -0.1) is 0 Å². The van der Waals surface area contributed by atoms with Crippen LogP contribution in [-0.4, -0.2) is 60.1 Å². The number of unbranched alkanes of at least 4 members (excludes halogenated alkanes) is 1. The largest absolute Gasteiger partial charge is 0.507 e. The lowest BCUT2D eigenvalue weighted by atomic mass is 10.1. The lowest BCUT2D eigenvalue weighted by Gasteiger charge is -2.34. The first-order valence-corrected chi connectivity index (χ1v) is 7.22. The smallest absolute Gasteiger partial charge is 0.257 e. The quantitative estimate of drug-likeness (QED) is 0.784. The molecule has 5 heteroatoms. The minimum absolute atomic E-state index is 0.0582. The molecule has 0 bridgehead atoms. The number of rotatable bonds is 5. The van der Waals surface area contributed by atoms with Crippen LogP contribution in [0.4, 0.5) is 0 Å². The fourth-order valence-corrected chi connectivity index (χ4v) is 2.48. The third-order valence-electron chi connectivity index (χ3n) is 3.72. The van der Waals surface area contributed by atoms with Gasteiger partial charge in [-0.2, -0.15) is 0 Å². The van der Waals surface area contributed by atoms with E-state index in [4.69, 9.17) is 5.73 Å². The zero-order valence-electron chi connectivity index (χ0n) is 11.8. The van der Waals surface area contributed by atoms with Crippen LogP contribution in [0.5, 0.6) is 5.75 Å². The topological polar surface area (TPSA) is 69.8 Å². The van der Waals surface area contributed by atoms with Gasteiger partial charge in [0, 0.05) is 26.2 Å². The average molecular weight is 277 g/mol. The van der Waals surface area contributed by atoms with Gasteiger partial charge >= 0.3 is 0 Å². The molecular weight excluding hydrogens is 254 g/mol. The van der Waals surface area contributed by atoms with Crippen LogP contribution in [-0.2, 0) is 0 Å². The summed E-state index contributed by atoms with van der Waals surface area (Å²) in [5.41, 5.74) is 5.88. The Labute approximate surface area is 120 Å². The molecule has 2 rings (SSSR count). The highest BCUT2D eigenvalue weighted by Crippen LogP contribution is 2.18. The molecule has 0 unspecified atom stereocenters. The van der Waals surface area contributed by atoms with Gasteiger partial charge in [-0.3, -0.25) is 9.69 Å². The molecule has 5 nitrogen and oxygen atoms in total. The molecule has 0 atom stereocenters. The Kier molecular flexibility index (Phi) is 5.38. The highest BCUT2D eigenvalue weighted by atomic mass is 16.3. The average Bonchev–Trinajstić information content (AvgIpc) is 2.48. The molecule has 20 heavy (non-hydrogen) atoms. The minimum atomic E-state index is -0.0790. The van der Waals surface area contributed by atoms with Gasteiger partial charge in [0.2, 0.25) is 0 Å². The molecule has 1 fully saturated rings. The molecule has 1 saturated heterocycles. The van der Waals surface area contributed by atoms with Gasteiger partial charge in [-0.25, -0.2) is 0 Å². The summed E-state index contributed by atoms with van der Waals surface area (Å²) in [6, 6.07) is 6.72. The van der Waals surface area contributed by atoms with Gasteiger partial charge in [0.15, 0.2) is 0 Å². The standard InChI is InChI=1S/C15H23N3O2/c16-7-3-4-8-17-9-11-18(12-10-17)15(20)13-5-1-2-6-14(13)19/h1-2,5-6,19H,3-4,7-12,16H2. The number of amides is 1. The normalized spacial score (nSPS) is 16.4. The van der Waals surface area contributed by atoms with E-state index in [1.165, 1.54) is 0 Å². The summed E-state index contributed by atoms with van der Waals surface area (Å²) in [5.74, 6) is -0.0208. The number of hydrogen-bond donors (Lipinski definition) is 2. The number of phenols is 1. The Bertz CT molecular complexity index is 442. The monoisotopic (exact) mass is 277 g/mol. The molecular formula is C15H23N3O2. The van der Waals surface area contributed by atoms with E-state index in [0.717, 1.165) is 52.1 Å². The maximum Gasteiger partial charge on any atom is 0.257 e. The minimum Gasteiger partial charge on any atom is -0.507 e. The van der Waals surface area contributed by atoms with E-state index in [2.05, 4.69) is 4.90 Å². The summed E-state index contributed by atoms with van der Waals surface area (Å²) < 4.78 is 0. The number of hydrogen-bond acceptors (Lipinski definition) is 4. The molecule has 110 valence electrons. The van der Waals surface area contributed by atoms with Crippen molar-refractivity contribution in [1.29, 1.82) is 0 Å². The number of carbonyl (C=O) groups excluding carboxylic acids is 1. The molecule has 0 aromatic heterocycles. The summed E-state index contributed by atoms with van der Waals surface area (Å²) in [7, 11) is 0. The maximum atomic E-state index is 12.3.